The highest BCUT2D eigenvalue weighted by Crippen LogP contribution is 2.29. The zero-order valence-electron chi connectivity index (χ0n) is 18.6. The van der Waals surface area contributed by atoms with Crippen molar-refractivity contribution in [2.45, 2.75) is 19.8 Å². The van der Waals surface area contributed by atoms with Gasteiger partial charge in [0.1, 0.15) is 23.1 Å². The van der Waals surface area contributed by atoms with Crippen LogP contribution in [0, 0.1) is 5.82 Å². The van der Waals surface area contributed by atoms with Crippen molar-refractivity contribution in [3.05, 3.63) is 66.1 Å². The fraction of sp³-hybridized carbons (Fsp3) is 0.208. The van der Waals surface area contributed by atoms with Crippen molar-refractivity contribution in [2.24, 2.45) is 12.8 Å². The number of nitrogens with zero attached hydrogens (tertiary/aromatic N) is 3. The van der Waals surface area contributed by atoms with Crippen molar-refractivity contribution < 1.29 is 13.9 Å². The van der Waals surface area contributed by atoms with E-state index >= 15 is 0 Å². The minimum atomic E-state index is -0.337. The van der Waals surface area contributed by atoms with Gasteiger partial charge in [-0.2, -0.15) is 0 Å². The highest BCUT2D eigenvalue weighted by Gasteiger charge is 2.12. The number of halogens is 1. The molecule has 0 fully saturated rings. The fourth-order valence-corrected chi connectivity index (χ4v) is 3.42. The van der Waals surface area contributed by atoms with E-state index in [0.29, 0.717) is 28.8 Å². The summed E-state index contributed by atoms with van der Waals surface area (Å²) in [7, 11) is 1.90. The molecule has 0 bridgehead atoms. The number of carbonyl (C=O) groups is 1. The maximum Gasteiger partial charge on any atom is 0.239 e. The van der Waals surface area contributed by atoms with E-state index in [1.54, 1.807) is 24.3 Å². The standard InChI is InChI=1S/C24H25FN6O2/c1-14(2)18-10-15(4-6-19(18)25)28-24-29-20-11-16(5-7-21(20)31(24)3)33-17-8-9-27-22(12-17)30-23(32)13-26/h4-12,14H,13,26H2,1-3H3,(H,28,29)(H,27,30,32). The molecule has 0 saturated carbocycles. The van der Waals surface area contributed by atoms with Crippen LogP contribution >= 0.6 is 0 Å². The lowest BCUT2D eigenvalue weighted by Gasteiger charge is -2.11. The first-order chi connectivity index (χ1) is 15.8. The molecule has 170 valence electrons. The fourth-order valence-electron chi connectivity index (χ4n) is 3.42. The number of imidazole rings is 1. The summed E-state index contributed by atoms with van der Waals surface area (Å²) in [4.78, 5) is 20.2. The van der Waals surface area contributed by atoms with Gasteiger partial charge in [-0.05, 0) is 47.9 Å². The monoisotopic (exact) mass is 448 g/mol. The largest absolute Gasteiger partial charge is 0.457 e. The van der Waals surface area contributed by atoms with E-state index in [1.807, 2.05) is 43.7 Å². The van der Waals surface area contributed by atoms with Gasteiger partial charge in [0.2, 0.25) is 11.9 Å². The number of aryl methyl sites for hydroxylation is 1. The number of nitrogens with two attached hydrogens (primary N) is 1. The predicted molar refractivity (Wildman–Crippen MR) is 126 cm³/mol. The number of pyridine rings is 1. The first-order valence-electron chi connectivity index (χ1n) is 10.5. The topological polar surface area (TPSA) is 107 Å². The molecule has 0 atom stereocenters. The zero-order chi connectivity index (χ0) is 23.5. The van der Waals surface area contributed by atoms with Gasteiger partial charge in [0.15, 0.2) is 0 Å². The normalized spacial score (nSPS) is 11.1. The molecule has 0 aliphatic heterocycles. The average molecular weight is 449 g/mol. The number of rotatable bonds is 7. The van der Waals surface area contributed by atoms with Crippen LogP contribution in [0.15, 0.2) is 54.7 Å². The van der Waals surface area contributed by atoms with E-state index in [9.17, 15) is 9.18 Å². The molecular weight excluding hydrogens is 423 g/mol. The summed E-state index contributed by atoms with van der Waals surface area (Å²) < 4.78 is 21.9. The Hall–Kier alpha value is -3.98. The quantitative estimate of drug-likeness (QED) is 0.379. The molecule has 4 N–H and O–H groups in total. The van der Waals surface area contributed by atoms with Gasteiger partial charge in [0.25, 0.3) is 0 Å². The Morgan fingerprint density at radius 2 is 1.94 bits per heavy atom. The lowest BCUT2D eigenvalue weighted by atomic mass is 10.0. The number of carbonyl (C=O) groups excluding carboxylic acids is 1. The van der Waals surface area contributed by atoms with Gasteiger partial charge >= 0.3 is 0 Å². The van der Waals surface area contributed by atoms with Crippen molar-refractivity contribution in [2.75, 3.05) is 17.2 Å². The number of hydrogen-bond acceptors (Lipinski definition) is 6. The molecule has 8 nitrogen and oxygen atoms in total. The highest BCUT2D eigenvalue weighted by molar-refractivity contribution is 5.91. The molecule has 0 saturated heterocycles. The van der Waals surface area contributed by atoms with E-state index in [0.717, 1.165) is 16.7 Å². The molecule has 1 amide bonds. The number of anilines is 3. The van der Waals surface area contributed by atoms with Gasteiger partial charge in [0.05, 0.1) is 17.6 Å². The third-order valence-electron chi connectivity index (χ3n) is 5.15. The molecule has 4 rings (SSSR count). The Morgan fingerprint density at radius 1 is 1.15 bits per heavy atom. The molecule has 0 radical (unpaired) electrons. The van der Waals surface area contributed by atoms with Crippen LogP contribution in [0.1, 0.15) is 25.3 Å². The number of nitrogens with one attached hydrogen (secondary N) is 2. The lowest BCUT2D eigenvalue weighted by Crippen LogP contribution is -2.22. The van der Waals surface area contributed by atoms with E-state index in [-0.39, 0.29) is 24.2 Å². The number of fused-ring (bicyclic) bond motifs is 1. The van der Waals surface area contributed by atoms with E-state index < -0.39 is 0 Å². The molecule has 4 aromatic rings. The third-order valence-corrected chi connectivity index (χ3v) is 5.15. The van der Waals surface area contributed by atoms with Crippen LogP contribution in [0.25, 0.3) is 11.0 Å². The summed E-state index contributed by atoms with van der Waals surface area (Å²) in [5.74, 6) is 1.59. The zero-order valence-corrected chi connectivity index (χ0v) is 18.6. The van der Waals surface area contributed by atoms with Gasteiger partial charge in [0, 0.05) is 31.1 Å². The van der Waals surface area contributed by atoms with Gasteiger partial charge < -0.3 is 25.7 Å². The minimum absolute atomic E-state index is 0.0734. The Kier molecular flexibility index (Phi) is 6.23. The van der Waals surface area contributed by atoms with E-state index in [4.69, 9.17) is 10.5 Å². The molecular formula is C24H25FN6O2. The second-order valence-corrected chi connectivity index (χ2v) is 7.89. The predicted octanol–water partition coefficient (Wildman–Crippen LogP) is 4.66. The number of aromatic nitrogens is 3. The molecule has 9 heteroatoms. The Labute approximate surface area is 190 Å². The van der Waals surface area contributed by atoms with Crippen LogP contribution in [0.4, 0.5) is 21.8 Å². The lowest BCUT2D eigenvalue weighted by molar-refractivity contribution is -0.114. The van der Waals surface area contributed by atoms with Crippen LogP contribution in [-0.4, -0.2) is 27.0 Å². The summed E-state index contributed by atoms with van der Waals surface area (Å²) in [6, 6.07) is 13.8. The molecule has 2 aromatic heterocycles. The van der Waals surface area contributed by atoms with Crippen LogP contribution < -0.4 is 21.1 Å². The Morgan fingerprint density at radius 3 is 2.70 bits per heavy atom. The van der Waals surface area contributed by atoms with Gasteiger partial charge in [-0.15, -0.1) is 0 Å². The van der Waals surface area contributed by atoms with Crippen molar-refractivity contribution >= 4 is 34.4 Å². The third kappa shape index (κ3) is 4.93. The molecule has 33 heavy (non-hydrogen) atoms. The number of amides is 1. The van der Waals surface area contributed by atoms with Gasteiger partial charge in [-0.25, -0.2) is 14.4 Å². The van der Waals surface area contributed by atoms with Crippen molar-refractivity contribution in [1.82, 2.24) is 14.5 Å². The SMILES string of the molecule is CC(C)c1cc(Nc2nc3cc(Oc4ccnc(NC(=O)CN)c4)ccc3n2C)ccc1F. The number of benzene rings is 2. The smallest absolute Gasteiger partial charge is 0.239 e. The van der Waals surface area contributed by atoms with Crippen LogP contribution in [0.2, 0.25) is 0 Å². The molecule has 2 heterocycles. The van der Waals surface area contributed by atoms with Crippen molar-refractivity contribution in [1.29, 1.82) is 0 Å². The summed E-state index contributed by atoms with van der Waals surface area (Å²) in [5, 5.41) is 5.86. The molecule has 0 unspecified atom stereocenters. The summed E-state index contributed by atoms with van der Waals surface area (Å²) in [6.45, 7) is 3.78. The van der Waals surface area contributed by atoms with Crippen LogP contribution in [0.3, 0.4) is 0 Å². The minimum Gasteiger partial charge on any atom is -0.457 e. The number of ether oxygens (including phenoxy) is 1. The number of hydrogen-bond donors (Lipinski definition) is 3. The highest BCUT2D eigenvalue weighted by atomic mass is 19.1. The Bertz CT molecular complexity index is 1320. The summed E-state index contributed by atoms with van der Waals surface area (Å²) >= 11 is 0. The van der Waals surface area contributed by atoms with Gasteiger partial charge in [-0.1, -0.05) is 13.8 Å². The summed E-state index contributed by atoms with van der Waals surface area (Å²) in [5.41, 5.74) is 8.37. The second kappa shape index (κ2) is 9.25. The average Bonchev–Trinajstić information content (AvgIpc) is 3.09. The first-order valence-corrected chi connectivity index (χ1v) is 10.5. The van der Waals surface area contributed by atoms with E-state index in [1.165, 1.54) is 12.3 Å². The molecule has 0 aliphatic carbocycles. The maximum atomic E-state index is 14.0. The van der Waals surface area contributed by atoms with Gasteiger partial charge in [-0.3, -0.25) is 4.79 Å². The maximum absolute atomic E-state index is 14.0. The van der Waals surface area contributed by atoms with Crippen LogP contribution in [0.5, 0.6) is 11.5 Å². The Balaban J connectivity index is 1.57. The van der Waals surface area contributed by atoms with Crippen molar-refractivity contribution in [3.63, 3.8) is 0 Å². The molecule has 0 spiro atoms. The van der Waals surface area contributed by atoms with E-state index in [2.05, 4.69) is 20.6 Å². The first kappa shape index (κ1) is 22.2. The molecule has 0 aliphatic rings. The van der Waals surface area contributed by atoms with Crippen molar-refractivity contribution in [3.8, 4) is 11.5 Å². The molecule has 2 aromatic carbocycles. The second-order valence-electron chi connectivity index (χ2n) is 7.89. The summed E-state index contributed by atoms with van der Waals surface area (Å²) in [6.07, 6.45) is 1.54. The van der Waals surface area contributed by atoms with Crippen LogP contribution in [-0.2, 0) is 11.8 Å².